The van der Waals surface area contributed by atoms with Crippen molar-refractivity contribution in [3.05, 3.63) is 48.6 Å². The summed E-state index contributed by atoms with van der Waals surface area (Å²) in [5.74, 6) is -0.394. The van der Waals surface area contributed by atoms with Crippen LogP contribution in [0.5, 0.6) is 0 Å². The number of carbonyl (C=O) groups is 1. The van der Waals surface area contributed by atoms with Gasteiger partial charge < -0.3 is 64.2 Å². The Labute approximate surface area is 384 Å². The quantitative estimate of drug-likeness (QED) is 0.0193. The highest BCUT2D eigenvalue weighted by Crippen LogP contribution is 2.26. The van der Waals surface area contributed by atoms with Gasteiger partial charge in [0.1, 0.15) is 54.9 Å². The predicted molar refractivity (Wildman–Crippen MR) is 247 cm³/mol. The lowest BCUT2D eigenvalue weighted by Gasteiger charge is -2.42. The van der Waals surface area contributed by atoms with E-state index in [1.54, 1.807) is 0 Å². The van der Waals surface area contributed by atoms with Crippen molar-refractivity contribution in [3.63, 3.8) is 0 Å². The van der Waals surface area contributed by atoms with Gasteiger partial charge in [-0.05, 0) is 70.6 Å². The van der Waals surface area contributed by atoms with Crippen molar-refractivity contribution in [1.82, 2.24) is 0 Å². The zero-order valence-electron chi connectivity index (χ0n) is 39.3. The molecule has 14 nitrogen and oxygen atoms in total. The standard InChI is InChI=1S/C50H88O14/c1-3-5-7-9-11-13-15-16-17-18-19-20-21-22-23-24-26-28-30-32-34-59-36-39(62-42(52)33-31-29-27-25-14-12-10-8-6-4-2)37-60-49-48(58)46(56)44(54)41(64-49)38-61-50-47(57)45(55)43(53)40(35-51)63-50/h8,10-11,13,16-17,19-20,39-41,43-51,53-58H,3-7,9,12,14-15,18,21-38H2,1-2H3/b10-8-,13-11-,17-16-,20-19-. The van der Waals surface area contributed by atoms with Crippen molar-refractivity contribution in [2.24, 2.45) is 0 Å². The summed E-state index contributed by atoms with van der Waals surface area (Å²) in [7, 11) is 0. The van der Waals surface area contributed by atoms with Crippen molar-refractivity contribution >= 4 is 5.97 Å². The largest absolute Gasteiger partial charge is 0.457 e. The molecule has 0 saturated carbocycles. The van der Waals surface area contributed by atoms with Crippen LogP contribution in [0.2, 0.25) is 0 Å². The van der Waals surface area contributed by atoms with Gasteiger partial charge >= 0.3 is 5.97 Å². The van der Waals surface area contributed by atoms with E-state index in [2.05, 4.69) is 62.5 Å². The average molecular weight is 913 g/mol. The van der Waals surface area contributed by atoms with E-state index in [-0.39, 0.29) is 19.6 Å². The van der Waals surface area contributed by atoms with Crippen LogP contribution >= 0.6 is 0 Å². The average Bonchev–Trinajstić information content (AvgIpc) is 3.29. The molecule has 2 rings (SSSR count). The topological polar surface area (TPSA) is 214 Å². The van der Waals surface area contributed by atoms with E-state index in [0.29, 0.717) is 13.0 Å². The maximum Gasteiger partial charge on any atom is 0.306 e. The molecule has 11 unspecified atom stereocenters. The van der Waals surface area contributed by atoms with Gasteiger partial charge in [-0.25, -0.2) is 0 Å². The van der Waals surface area contributed by atoms with Crippen LogP contribution in [0.15, 0.2) is 48.6 Å². The second-order valence-corrected chi connectivity index (χ2v) is 17.3. The zero-order chi connectivity index (χ0) is 46.6. The molecule has 0 aromatic heterocycles. The predicted octanol–water partition coefficient (Wildman–Crippen LogP) is 6.79. The fourth-order valence-corrected chi connectivity index (χ4v) is 7.47. The maximum atomic E-state index is 12.9. The molecule has 2 heterocycles. The summed E-state index contributed by atoms with van der Waals surface area (Å²) in [5, 5.41) is 72.0. The molecule has 0 radical (unpaired) electrons. The van der Waals surface area contributed by atoms with Crippen LogP contribution in [0.1, 0.15) is 162 Å². The summed E-state index contributed by atoms with van der Waals surface area (Å²) >= 11 is 0. The van der Waals surface area contributed by atoms with Gasteiger partial charge in [0.15, 0.2) is 12.6 Å². The van der Waals surface area contributed by atoms with Gasteiger partial charge in [-0.1, -0.05) is 133 Å². The molecular weight excluding hydrogens is 825 g/mol. The van der Waals surface area contributed by atoms with Crippen LogP contribution in [-0.2, 0) is 33.2 Å². The van der Waals surface area contributed by atoms with E-state index in [4.69, 9.17) is 28.4 Å². The smallest absolute Gasteiger partial charge is 0.306 e. The molecular formula is C50H88O14. The molecule has 372 valence electrons. The van der Waals surface area contributed by atoms with E-state index in [1.807, 2.05) is 0 Å². The molecule has 0 aromatic carbocycles. The zero-order valence-corrected chi connectivity index (χ0v) is 39.3. The third-order valence-corrected chi connectivity index (χ3v) is 11.5. The number of aliphatic hydroxyl groups is 7. The number of rotatable bonds is 38. The molecule has 2 fully saturated rings. The fraction of sp³-hybridized carbons (Fsp3) is 0.820. The first-order chi connectivity index (χ1) is 31.1. The highest BCUT2D eigenvalue weighted by molar-refractivity contribution is 5.69. The van der Waals surface area contributed by atoms with E-state index in [1.165, 1.54) is 51.4 Å². The number of carbonyl (C=O) groups excluding carboxylic acids is 1. The van der Waals surface area contributed by atoms with Crippen molar-refractivity contribution < 1.29 is 69.0 Å². The lowest BCUT2D eigenvalue weighted by Crippen LogP contribution is -2.61. The molecule has 0 bridgehead atoms. The van der Waals surface area contributed by atoms with Crippen molar-refractivity contribution in [2.45, 2.75) is 229 Å². The monoisotopic (exact) mass is 913 g/mol. The highest BCUT2D eigenvalue weighted by atomic mass is 16.7. The van der Waals surface area contributed by atoms with Gasteiger partial charge in [0.05, 0.1) is 26.4 Å². The number of unbranched alkanes of at least 4 members (excludes halogenated alkanes) is 16. The van der Waals surface area contributed by atoms with E-state index < -0.39 is 86.7 Å². The number of allylic oxidation sites excluding steroid dienone is 8. The molecule has 0 aliphatic carbocycles. The first-order valence-corrected chi connectivity index (χ1v) is 24.7. The summed E-state index contributed by atoms with van der Waals surface area (Å²) in [4.78, 5) is 12.9. The van der Waals surface area contributed by atoms with Crippen LogP contribution < -0.4 is 0 Å². The highest BCUT2D eigenvalue weighted by Gasteiger charge is 2.47. The lowest BCUT2D eigenvalue weighted by molar-refractivity contribution is -0.332. The second kappa shape index (κ2) is 38.0. The van der Waals surface area contributed by atoms with Crippen LogP contribution in [0.4, 0.5) is 0 Å². The van der Waals surface area contributed by atoms with Crippen LogP contribution in [0.3, 0.4) is 0 Å². The molecule has 2 aliphatic rings. The number of aliphatic hydroxyl groups excluding tert-OH is 7. The first-order valence-electron chi connectivity index (χ1n) is 24.7. The summed E-state index contributed by atoms with van der Waals surface area (Å²) in [6.45, 7) is 3.54. The SMILES string of the molecule is CCC/C=C\CCCCCCCC(=O)OC(COCCCCCCCCC/C=C\C/C=C\C/C=C\CCCCC)COC1OC(COC2OC(CO)C(O)C(O)C2O)C(O)C(O)C1O. The van der Waals surface area contributed by atoms with Crippen molar-refractivity contribution in [2.75, 3.05) is 33.0 Å². The summed E-state index contributed by atoms with van der Waals surface area (Å²) < 4.78 is 34.2. The molecule has 64 heavy (non-hydrogen) atoms. The Hall–Kier alpha value is -2.05. The molecule has 2 saturated heterocycles. The Balaban J connectivity index is 1.76. The normalized spacial score (nSPS) is 27.1. The molecule has 2 aliphatic heterocycles. The van der Waals surface area contributed by atoms with Gasteiger partial charge in [-0.3, -0.25) is 4.79 Å². The summed E-state index contributed by atoms with van der Waals surface area (Å²) in [6.07, 6.45) is 26.1. The maximum absolute atomic E-state index is 12.9. The van der Waals surface area contributed by atoms with E-state index in [0.717, 1.165) is 83.5 Å². The fourth-order valence-electron chi connectivity index (χ4n) is 7.47. The summed E-state index contributed by atoms with van der Waals surface area (Å²) in [6, 6.07) is 0. The molecule has 0 amide bonds. The van der Waals surface area contributed by atoms with Crippen molar-refractivity contribution in [3.8, 4) is 0 Å². The van der Waals surface area contributed by atoms with Crippen LogP contribution in [0, 0.1) is 0 Å². The second-order valence-electron chi connectivity index (χ2n) is 17.3. The van der Waals surface area contributed by atoms with Gasteiger partial charge in [0.2, 0.25) is 0 Å². The van der Waals surface area contributed by atoms with E-state index in [9.17, 15) is 40.5 Å². The number of hydrogen-bond donors (Lipinski definition) is 7. The number of esters is 1. The Morgan fingerprint density at radius 3 is 1.59 bits per heavy atom. The van der Waals surface area contributed by atoms with Gasteiger partial charge in [-0.15, -0.1) is 0 Å². The minimum Gasteiger partial charge on any atom is -0.457 e. The summed E-state index contributed by atoms with van der Waals surface area (Å²) in [5.41, 5.74) is 0. The Morgan fingerprint density at radius 2 is 1.00 bits per heavy atom. The first kappa shape index (κ1) is 58.1. The van der Waals surface area contributed by atoms with Crippen LogP contribution in [0.25, 0.3) is 0 Å². The van der Waals surface area contributed by atoms with E-state index >= 15 is 0 Å². The van der Waals surface area contributed by atoms with Gasteiger partial charge in [0, 0.05) is 13.0 Å². The third-order valence-electron chi connectivity index (χ3n) is 11.5. The number of ether oxygens (including phenoxy) is 6. The molecule has 7 N–H and O–H groups in total. The third kappa shape index (κ3) is 25.7. The molecule has 11 atom stereocenters. The Kier molecular flexibility index (Phi) is 34.5. The lowest BCUT2D eigenvalue weighted by atomic mass is 9.98. The minimum absolute atomic E-state index is 0.0500. The molecule has 0 spiro atoms. The molecule has 0 aromatic rings. The van der Waals surface area contributed by atoms with Gasteiger partial charge in [-0.2, -0.15) is 0 Å². The molecule has 14 heteroatoms. The van der Waals surface area contributed by atoms with Crippen molar-refractivity contribution in [1.29, 1.82) is 0 Å². The van der Waals surface area contributed by atoms with Gasteiger partial charge in [0.25, 0.3) is 0 Å². The minimum atomic E-state index is -1.71. The van der Waals surface area contributed by atoms with Crippen LogP contribution in [-0.4, -0.2) is 142 Å². The Bertz CT molecular complexity index is 1240. The number of hydrogen-bond acceptors (Lipinski definition) is 14. The Morgan fingerprint density at radius 1 is 0.516 bits per heavy atom.